The fourth-order valence-electron chi connectivity index (χ4n) is 1.27. The van der Waals surface area contributed by atoms with Gasteiger partial charge in [-0.2, -0.15) is 0 Å². The van der Waals surface area contributed by atoms with Crippen LogP contribution in [0.15, 0.2) is 0 Å². The smallest absolute Gasteiger partial charge is 0.340 e. The van der Waals surface area contributed by atoms with Crippen LogP contribution in [0.25, 0.3) is 0 Å². The number of rotatable bonds is 7. The molecule has 0 aromatic carbocycles. The van der Waals surface area contributed by atoms with Crippen molar-refractivity contribution in [1.29, 1.82) is 0 Å². The van der Waals surface area contributed by atoms with E-state index in [-0.39, 0.29) is 19.6 Å². The van der Waals surface area contributed by atoms with Gasteiger partial charge in [0.2, 0.25) is 0 Å². The molecule has 0 atom stereocenters. The van der Waals surface area contributed by atoms with Gasteiger partial charge in [0.05, 0.1) is 0 Å². The maximum atomic E-state index is 11.3. The molecule has 0 aromatic rings. The van der Waals surface area contributed by atoms with E-state index in [1.54, 1.807) is 13.8 Å². The van der Waals surface area contributed by atoms with E-state index in [2.05, 4.69) is 0 Å². The molecule has 0 bridgehead atoms. The van der Waals surface area contributed by atoms with Crippen molar-refractivity contribution in [2.45, 2.75) is 39.1 Å². The molecule has 2 N–H and O–H groups in total. The van der Waals surface area contributed by atoms with Crippen molar-refractivity contribution in [3.05, 3.63) is 0 Å². The molecule has 0 amide bonds. The average molecular weight is 226 g/mol. The van der Waals surface area contributed by atoms with Crippen LogP contribution in [0.2, 0.25) is 0 Å². The first-order valence-corrected chi connectivity index (χ1v) is 6.38. The van der Waals surface area contributed by atoms with Gasteiger partial charge in [-0.15, -0.1) is 0 Å². The predicted molar refractivity (Wildman–Crippen MR) is 52.9 cm³/mol. The van der Waals surface area contributed by atoms with Gasteiger partial charge >= 0.3 is 7.60 Å². The molecule has 0 aliphatic heterocycles. The molecule has 14 heavy (non-hydrogen) atoms. The number of hydrogen-bond acceptors (Lipinski definition) is 3. The van der Waals surface area contributed by atoms with Crippen LogP contribution in [0, 0.1) is 0 Å². The van der Waals surface area contributed by atoms with Gasteiger partial charge in [-0.25, -0.2) is 0 Å². The molecule has 0 saturated carbocycles. The summed E-state index contributed by atoms with van der Waals surface area (Å²) in [5.41, 5.74) is -1.74. The summed E-state index contributed by atoms with van der Waals surface area (Å²) in [6.07, 6.45) is 0.782. The minimum Gasteiger partial charge on any atom is -0.340 e. The van der Waals surface area contributed by atoms with Crippen LogP contribution in [-0.2, 0) is 14.0 Å². The summed E-state index contributed by atoms with van der Waals surface area (Å²) in [5, 5.41) is 0. The molecule has 0 rings (SSSR count). The quantitative estimate of drug-likeness (QED) is 0.510. The van der Waals surface area contributed by atoms with Crippen LogP contribution in [0.3, 0.4) is 0 Å². The summed E-state index contributed by atoms with van der Waals surface area (Å²) in [7, 11) is -4.40. The van der Waals surface area contributed by atoms with Gasteiger partial charge in [0.25, 0.3) is 5.53 Å². The SMILES string of the molecule is CCCC(OCC)(OCC)P(=O)(O)O. The van der Waals surface area contributed by atoms with E-state index < -0.39 is 13.1 Å². The normalized spacial score (nSPS) is 13.2. The van der Waals surface area contributed by atoms with Crippen molar-refractivity contribution in [1.82, 2.24) is 0 Å². The third-order valence-corrected chi connectivity index (χ3v) is 3.12. The molecule has 86 valence electrons. The van der Waals surface area contributed by atoms with E-state index in [1.165, 1.54) is 0 Å². The van der Waals surface area contributed by atoms with Gasteiger partial charge < -0.3 is 19.3 Å². The van der Waals surface area contributed by atoms with Gasteiger partial charge in [-0.1, -0.05) is 13.3 Å². The summed E-state index contributed by atoms with van der Waals surface area (Å²) in [5.74, 6) is 0. The second-order valence-corrected chi connectivity index (χ2v) is 4.64. The highest BCUT2D eigenvalue weighted by molar-refractivity contribution is 7.53. The fraction of sp³-hybridized carbons (Fsp3) is 1.00. The zero-order valence-electron chi connectivity index (χ0n) is 8.89. The fourth-order valence-corrected chi connectivity index (χ4v) is 2.38. The molecule has 5 nitrogen and oxygen atoms in total. The van der Waals surface area contributed by atoms with Crippen LogP contribution >= 0.6 is 7.60 Å². The molecule has 0 heterocycles. The lowest BCUT2D eigenvalue weighted by Crippen LogP contribution is -2.36. The van der Waals surface area contributed by atoms with Crippen molar-refractivity contribution in [3.63, 3.8) is 0 Å². The van der Waals surface area contributed by atoms with Gasteiger partial charge in [-0.3, -0.25) is 4.57 Å². The first kappa shape index (κ1) is 14.1. The van der Waals surface area contributed by atoms with Crippen LogP contribution in [-0.4, -0.2) is 28.5 Å². The van der Waals surface area contributed by atoms with Crippen LogP contribution in [0.5, 0.6) is 0 Å². The maximum Gasteiger partial charge on any atom is 0.384 e. The lowest BCUT2D eigenvalue weighted by atomic mass is 10.3. The Morgan fingerprint density at radius 3 is 1.79 bits per heavy atom. The maximum absolute atomic E-state index is 11.3. The van der Waals surface area contributed by atoms with Crippen molar-refractivity contribution < 1.29 is 23.8 Å². The van der Waals surface area contributed by atoms with Crippen LogP contribution < -0.4 is 0 Å². The van der Waals surface area contributed by atoms with E-state index in [0.29, 0.717) is 6.42 Å². The Morgan fingerprint density at radius 2 is 1.57 bits per heavy atom. The molecule has 0 aromatic heterocycles. The molecule has 0 fully saturated rings. The molecule has 0 radical (unpaired) electrons. The summed E-state index contributed by atoms with van der Waals surface area (Å²) < 4.78 is 21.4. The first-order chi connectivity index (χ1) is 6.43. The van der Waals surface area contributed by atoms with Crippen molar-refractivity contribution in [2.24, 2.45) is 0 Å². The lowest BCUT2D eigenvalue weighted by Gasteiger charge is -2.32. The largest absolute Gasteiger partial charge is 0.384 e. The third kappa shape index (κ3) is 3.33. The van der Waals surface area contributed by atoms with Crippen molar-refractivity contribution >= 4 is 7.60 Å². The highest BCUT2D eigenvalue weighted by Gasteiger charge is 2.48. The van der Waals surface area contributed by atoms with Crippen LogP contribution in [0.4, 0.5) is 0 Å². The lowest BCUT2D eigenvalue weighted by molar-refractivity contribution is -0.188. The Morgan fingerprint density at radius 1 is 1.14 bits per heavy atom. The Kier molecular flexibility index (Phi) is 5.86. The molecular weight excluding hydrogens is 207 g/mol. The Balaban J connectivity index is 4.83. The highest BCUT2D eigenvalue weighted by Crippen LogP contribution is 2.54. The molecule has 0 saturated heterocycles. The summed E-state index contributed by atoms with van der Waals surface area (Å²) in [4.78, 5) is 18.4. The molecule has 6 heteroatoms. The van der Waals surface area contributed by atoms with E-state index >= 15 is 0 Å². The summed E-state index contributed by atoms with van der Waals surface area (Å²) >= 11 is 0. The minimum absolute atomic E-state index is 0.193. The van der Waals surface area contributed by atoms with E-state index in [1.807, 2.05) is 6.92 Å². The zero-order valence-corrected chi connectivity index (χ0v) is 9.79. The predicted octanol–water partition coefficient (Wildman–Crippen LogP) is 1.69. The summed E-state index contributed by atoms with van der Waals surface area (Å²) in [6.45, 7) is 5.61. The minimum atomic E-state index is -4.40. The van der Waals surface area contributed by atoms with Gasteiger partial charge in [-0.05, 0) is 13.8 Å². The Hall–Kier alpha value is 0.0700. The molecule has 0 aliphatic rings. The van der Waals surface area contributed by atoms with E-state index in [9.17, 15) is 14.4 Å². The number of hydrogen-bond donors (Lipinski definition) is 2. The molecular formula is C8H19O5P. The summed E-state index contributed by atoms with van der Waals surface area (Å²) in [6, 6.07) is 0. The van der Waals surface area contributed by atoms with Crippen molar-refractivity contribution in [2.75, 3.05) is 13.2 Å². The molecule has 0 spiro atoms. The van der Waals surface area contributed by atoms with E-state index in [0.717, 1.165) is 0 Å². The standard InChI is InChI=1S/C8H19O5P/c1-4-7-8(12-5-2,13-6-3)14(9,10)11/h4-7H2,1-3H3,(H2,9,10,11). The molecule has 0 aliphatic carbocycles. The Labute approximate surface area is 84.6 Å². The zero-order chi connectivity index (χ0) is 11.2. The van der Waals surface area contributed by atoms with E-state index in [4.69, 9.17) is 9.47 Å². The second kappa shape index (κ2) is 5.83. The Bertz CT molecular complexity index is 183. The van der Waals surface area contributed by atoms with Gasteiger partial charge in [0.1, 0.15) is 0 Å². The first-order valence-electron chi connectivity index (χ1n) is 4.77. The topological polar surface area (TPSA) is 76.0 Å². The average Bonchev–Trinajstić information content (AvgIpc) is 2.03. The van der Waals surface area contributed by atoms with Crippen LogP contribution in [0.1, 0.15) is 33.6 Å². The monoisotopic (exact) mass is 226 g/mol. The third-order valence-electron chi connectivity index (χ3n) is 1.75. The number of ether oxygens (including phenoxy) is 2. The second-order valence-electron chi connectivity index (χ2n) is 2.87. The highest BCUT2D eigenvalue weighted by atomic mass is 31.2. The van der Waals surface area contributed by atoms with Gasteiger partial charge in [0.15, 0.2) is 0 Å². The van der Waals surface area contributed by atoms with Gasteiger partial charge in [0, 0.05) is 19.6 Å². The van der Waals surface area contributed by atoms with Crippen molar-refractivity contribution in [3.8, 4) is 0 Å². The molecule has 0 unspecified atom stereocenters.